The van der Waals surface area contributed by atoms with E-state index in [-0.39, 0.29) is 11.7 Å². The van der Waals surface area contributed by atoms with E-state index in [1.807, 2.05) is 29.6 Å². The Hall–Kier alpha value is -3.43. The second-order valence-electron chi connectivity index (χ2n) is 8.06. The summed E-state index contributed by atoms with van der Waals surface area (Å²) in [5.74, 6) is 0.681. The van der Waals surface area contributed by atoms with Crippen LogP contribution in [0.4, 0.5) is 0 Å². The zero-order chi connectivity index (χ0) is 25.1. The van der Waals surface area contributed by atoms with Gasteiger partial charge in [0.2, 0.25) is 0 Å². The third kappa shape index (κ3) is 5.01. The number of ether oxygens (including phenoxy) is 3. The minimum Gasteiger partial charge on any atom is -0.493 e. The van der Waals surface area contributed by atoms with Crippen molar-refractivity contribution in [3.63, 3.8) is 0 Å². The van der Waals surface area contributed by atoms with Gasteiger partial charge in [-0.15, -0.1) is 11.3 Å². The summed E-state index contributed by atoms with van der Waals surface area (Å²) in [4.78, 5) is 32.7. The van der Waals surface area contributed by atoms with Crippen molar-refractivity contribution in [1.82, 2.24) is 4.57 Å². The predicted molar refractivity (Wildman–Crippen MR) is 138 cm³/mol. The highest BCUT2D eigenvalue weighted by molar-refractivity contribution is 7.10. The first kappa shape index (κ1) is 24.7. The van der Waals surface area contributed by atoms with E-state index in [0.29, 0.717) is 38.7 Å². The Morgan fingerprint density at radius 1 is 1.29 bits per heavy atom. The minimum absolute atomic E-state index is 0.222. The highest BCUT2D eigenvalue weighted by Gasteiger charge is 2.34. The molecule has 1 aliphatic heterocycles. The van der Waals surface area contributed by atoms with E-state index in [9.17, 15) is 9.59 Å². The van der Waals surface area contributed by atoms with Crippen LogP contribution in [0.1, 0.15) is 37.3 Å². The second kappa shape index (κ2) is 10.5. The van der Waals surface area contributed by atoms with Crippen molar-refractivity contribution in [2.24, 2.45) is 4.99 Å². The smallest absolute Gasteiger partial charge is 0.338 e. The van der Waals surface area contributed by atoms with Gasteiger partial charge in [0.15, 0.2) is 16.3 Å². The van der Waals surface area contributed by atoms with Crippen molar-refractivity contribution in [2.45, 2.75) is 32.9 Å². The third-order valence-electron chi connectivity index (χ3n) is 5.24. The van der Waals surface area contributed by atoms with Crippen molar-refractivity contribution >= 4 is 34.7 Å². The van der Waals surface area contributed by atoms with Crippen molar-refractivity contribution < 1.29 is 19.0 Å². The molecule has 35 heavy (non-hydrogen) atoms. The van der Waals surface area contributed by atoms with Gasteiger partial charge >= 0.3 is 5.97 Å². The summed E-state index contributed by atoms with van der Waals surface area (Å²) in [6, 6.07) is 8.68. The highest BCUT2D eigenvalue weighted by Crippen LogP contribution is 2.33. The lowest BCUT2D eigenvalue weighted by Gasteiger charge is -2.24. The van der Waals surface area contributed by atoms with E-state index >= 15 is 0 Å². The molecule has 0 saturated carbocycles. The number of hydrogen-bond donors (Lipinski definition) is 0. The SMILES string of the molecule is C=CCOc1ccc(C=c2sc3n(c2=O)C(c2cccs2)C(C(=O)OC(C)C)=C(C)N=3)cc1OC. The summed E-state index contributed by atoms with van der Waals surface area (Å²) in [5, 5.41) is 1.92. The van der Waals surface area contributed by atoms with E-state index in [4.69, 9.17) is 14.2 Å². The number of thiazole rings is 1. The van der Waals surface area contributed by atoms with Crippen molar-refractivity contribution in [3.05, 3.63) is 89.8 Å². The maximum atomic E-state index is 13.6. The zero-order valence-corrected chi connectivity index (χ0v) is 21.6. The van der Waals surface area contributed by atoms with Gasteiger partial charge in [-0.2, -0.15) is 0 Å². The lowest BCUT2D eigenvalue weighted by Crippen LogP contribution is -2.39. The Bertz CT molecular complexity index is 1460. The van der Waals surface area contributed by atoms with Gasteiger partial charge in [-0.25, -0.2) is 9.79 Å². The number of aromatic nitrogens is 1. The normalized spacial score (nSPS) is 15.6. The van der Waals surface area contributed by atoms with Crippen LogP contribution in [-0.2, 0) is 9.53 Å². The van der Waals surface area contributed by atoms with E-state index < -0.39 is 12.0 Å². The number of benzene rings is 1. The monoisotopic (exact) mass is 510 g/mol. The topological polar surface area (TPSA) is 79.1 Å². The largest absolute Gasteiger partial charge is 0.493 e. The van der Waals surface area contributed by atoms with Crippen LogP contribution in [0.3, 0.4) is 0 Å². The summed E-state index contributed by atoms with van der Waals surface area (Å²) in [5.41, 5.74) is 1.49. The van der Waals surface area contributed by atoms with Gasteiger partial charge in [-0.3, -0.25) is 9.36 Å². The number of fused-ring (bicyclic) bond motifs is 1. The molecule has 0 spiro atoms. The number of thiophene rings is 1. The van der Waals surface area contributed by atoms with Crippen LogP contribution in [0.25, 0.3) is 6.08 Å². The summed E-state index contributed by atoms with van der Waals surface area (Å²) in [6.45, 7) is 9.39. The lowest BCUT2D eigenvalue weighted by molar-refractivity contribution is -0.143. The quantitative estimate of drug-likeness (QED) is 0.340. The lowest BCUT2D eigenvalue weighted by atomic mass is 10.0. The molecule has 1 aromatic carbocycles. The van der Waals surface area contributed by atoms with Gasteiger partial charge < -0.3 is 14.2 Å². The molecule has 0 N–H and O–H groups in total. The molecule has 0 fully saturated rings. The zero-order valence-electron chi connectivity index (χ0n) is 19.9. The number of hydrogen-bond acceptors (Lipinski definition) is 8. The molecule has 1 atom stereocenters. The molecule has 182 valence electrons. The van der Waals surface area contributed by atoms with Crippen molar-refractivity contribution in [1.29, 1.82) is 0 Å². The number of nitrogens with zero attached hydrogens (tertiary/aromatic N) is 2. The number of allylic oxidation sites excluding steroid dienone is 1. The van der Waals surface area contributed by atoms with Gasteiger partial charge in [0.1, 0.15) is 12.6 Å². The van der Waals surface area contributed by atoms with E-state index in [1.54, 1.807) is 50.7 Å². The molecule has 0 amide bonds. The van der Waals surface area contributed by atoms with Crippen LogP contribution in [0.2, 0.25) is 0 Å². The molecule has 0 radical (unpaired) electrons. The fourth-order valence-electron chi connectivity index (χ4n) is 3.77. The number of carbonyl (C=O) groups is 1. The average molecular weight is 511 g/mol. The molecule has 0 saturated heterocycles. The first-order chi connectivity index (χ1) is 16.8. The van der Waals surface area contributed by atoms with Gasteiger partial charge in [0, 0.05) is 4.88 Å². The van der Waals surface area contributed by atoms with Gasteiger partial charge in [0.25, 0.3) is 5.56 Å². The van der Waals surface area contributed by atoms with Crippen molar-refractivity contribution in [2.75, 3.05) is 13.7 Å². The minimum atomic E-state index is -0.594. The molecule has 9 heteroatoms. The summed E-state index contributed by atoms with van der Waals surface area (Å²) >= 11 is 2.77. The fraction of sp³-hybridized carbons (Fsp3) is 0.269. The van der Waals surface area contributed by atoms with Crippen LogP contribution >= 0.6 is 22.7 Å². The number of rotatable bonds is 8. The van der Waals surface area contributed by atoms with Gasteiger partial charge in [-0.05, 0) is 56.0 Å². The number of esters is 1. The molecular formula is C26H26N2O5S2. The first-order valence-corrected chi connectivity index (χ1v) is 12.7. The van der Waals surface area contributed by atoms with Crippen LogP contribution in [0.5, 0.6) is 11.5 Å². The maximum absolute atomic E-state index is 13.6. The molecule has 1 unspecified atom stereocenters. The molecule has 1 aliphatic rings. The van der Waals surface area contributed by atoms with Crippen LogP contribution < -0.4 is 24.4 Å². The van der Waals surface area contributed by atoms with Crippen LogP contribution in [0.15, 0.2) is 69.4 Å². The molecular weight excluding hydrogens is 484 g/mol. The molecule has 4 rings (SSSR count). The number of carbonyl (C=O) groups excluding carboxylic acids is 1. The molecule has 0 aliphatic carbocycles. The predicted octanol–water partition coefficient (Wildman–Crippen LogP) is 3.82. The maximum Gasteiger partial charge on any atom is 0.338 e. The molecule has 0 bridgehead atoms. The average Bonchev–Trinajstić information content (AvgIpc) is 3.45. The van der Waals surface area contributed by atoms with Gasteiger partial charge in [-0.1, -0.05) is 36.1 Å². The Morgan fingerprint density at radius 3 is 2.74 bits per heavy atom. The summed E-state index contributed by atoms with van der Waals surface area (Å²) in [7, 11) is 1.56. The van der Waals surface area contributed by atoms with Gasteiger partial charge in [0.05, 0.1) is 29.0 Å². The fourth-order valence-corrected chi connectivity index (χ4v) is 5.64. The Labute approximate surface area is 210 Å². The Morgan fingerprint density at radius 2 is 2.09 bits per heavy atom. The standard InChI is InChI=1S/C26H26N2O5S2/c1-6-11-32-18-10-9-17(13-19(18)31-5)14-21-24(29)28-23(20-8-7-12-34-20)22(25(30)33-15(2)3)16(4)27-26(28)35-21/h6-10,12-15,23H,1,11H2,2-5H3. The third-order valence-corrected chi connectivity index (χ3v) is 7.15. The Kier molecular flexibility index (Phi) is 7.37. The number of methoxy groups -OCH3 is 1. The highest BCUT2D eigenvalue weighted by atomic mass is 32.1. The molecule has 3 heterocycles. The van der Waals surface area contributed by atoms with E-state index in [1.165, 1.54) is 22.7 Å². The Balaban J connectivity index is 1.84. The molecule has 7 nitrogen and oxygen atoms in total. The van der Waals surface area contributed by atoms with E-state index in [0.717, 1.165) is 10.4 Å². The van der Waals surface area contributed by atoms with Crippen LogP contribution in [0, 0.1) is 0 Å². The molecule has 2 aromatic heterocycles. The van der Waals surface area contributed by atoms with Crippen LogP contribution in [-0.4, -0.2) is 30.4 Å². The summed E-state index contributed by atoms with van der Waals surface area (Å²) in [6.07, 6.45) is 3.16. The second-order valence-corrected chi connectivity index (χ2v) is 10.0. The first-order valence-electron chi connectivity index (χ1n) is 11.0. The molecule has 3 aromatic rings. The summed E-state index contributed by atoms with van der Waals surface area (Å²) < 4.78 is 18.7. The van der Waals surface area contributed by atoms with E-state index in [2.05, 4.69) is 11.6 Å². The van der Waals surface area contributed by atoms with Crippen molar-refractivity contribution in [3.8, 4) is 11.5 Å².